The Labute approximate surface area is 124 Å². The number of amides is 2. The third-order valence-corrected chi connectivity index (χ3v) is 3.80. The van der Waals surface area contributed by atoms with E-state index in [0.29, 0.717) is 19.4 Å². The molecule has 1 heterocycles. The van der Waals surface area contributed by atoms with Crippen molar-refractivity contribution in [3.63, 3.8) is 0 Å². The van der Waals surface area contributed by atoms with Gasteiger partial charge in [-0.05, 0) is 25.3 Å². The molecule has 0 aliphatic carbocycles. The Hall–Kier alpha value is -2.05. The number of carboxylic acid groups (broad SMARTS) is 1. The van der Waals surface area contributed by atoms with Crippen LogP contribution in [0.2, 0.25) is 0 Å². The number of nitrogens with one attached hydrogen (secondary N) is 2. The average Bonchev–Trinajstić information content (AvgIpc) is 2.98. The lowest BCUT2D eigenvalue weighted by molar-refractivity contribution is -0.149. The van der Waals surface area contributed by atoms with Gasteiger partial charge in [-0.2, -0.15) is 5.10 Å². The minimum Gasteiger partial charge on any atom is -0.481 e. The van der Waals surface area contributed by atoms with Crippen molar-refractivity contribution in [2.45, 2.75) is 39.7 Å². The molecule has 21 heavy (non-hydrogen) atoms. The van der Waals surface area contributed by atoms with Crippen LogP contribution in [0.4, 0.5) is 4.79 Å². The topological polar surface area (TPSA) is 96.3 Å². The van der Waals surface area contributed by atoms with Crippen LogP contribution in [0.25, 0.3) is 0 Å². The van der Waals surface area contributed by atoms with Crippen molar-refractivity contribution in [2.24, 2.45) is 5.41 Å². The Morgan fingerprint density at radius 2 is 2.00 bits per heavy atom. The molecule has 0 saturated carbocycles. The lowest BCUT2D eigenvalue weighted by Crippen LogP contribution is -2.46. The SMILES string of the molecule is CCC(CC)(CNC(=O)NCCCn1cccn1)C(=O)O. The summed E-state index contributed by atoms with van der Waals surface area (Å²) in [7, 11) is 0. The second-order valence-corrected chi connectivity index (χ2v) is 5.02. The van der Waals surface area contributed by atoms with Gasteiger partial charge in [-0.1, -0.05) is 13.8 Å². The fourth-order valence-corrected chi connectivity index (χ4v) is 2.07. The van der Waals surface area contributed by atoms with Crippen LogP contribution in [0.5, 0.6) is 0 Å². The molecule has 0 aromatic carbocycles. The summed E-state index contributed by atoms with van der Waals surface area (Å²) in [5, 5.41) is 18.7. The highest BCUT2D eigenvalue weighted by Gasteiger charge is 2.35. The molecule has 3 N–H and O–H groups in total. The summed E-state index contributed by atoms with van der Waals surface area (Å²) in [6.07, 6.45) is 5.31. The quantitative estimate of drug-likeness (QED) is 0.601. The molecule has 7 heteroatoms. The van der Waals surface area contributed by atoms with Gasteiger partial charge in [-0.3, -0.25) is 9.48 Å². The van der Waals surface area contributed by atoms with Gasteiger partial charge in [-0.15, -0.1) is 0 Å². The van der Waals surface area contributed by atoms with Crippen LogP contribution in [0, 0.1) is 5.41 Å². The minimum atomic E-state index is -0.883. The summed E-state index contributed by atoms with van der Waals surface area (Å²) in [6.45, 7) is 5.03. The molecule has 0 unspecified atom stereocenters. The van der Waals surface area contributed by atoms with E-state index in [1.165, 1.54) is 0 Å². The fourth-order valence-electron chi connectivity index (χ4n) is 2.07. The number of hydrogen-bond acceptors (Lipinski definition) is 3. The maximum atomic E-state index is 11.7. The number of aromatic nitrogens is 2. The molecule has 7 nitrogen and oxygen atoms in total. The predicted molar refractivity (Wildman–Crippen MR) is 78.9 cm³/mol. The largest absolute Gasteiger partial charge is 0.481 e. The third-order valence-electron chi connectivity index (χ3n) is 3.80. The highest BCUT2D eigenvalue weighted by Crippen LogP contribution is 2.25. The van der Waals surface area contributed by atoms with Crippen LogP contribution in [-0.2, 0) is 11.3 Å². The van der Waals surface area contributed by atoms with E-state index in [1.54, 1.807) is 10.9 Å². The van der Waals surface area contributed by atoms with E-state index < -0.39 is 11.4 Å². The second kappa shape index (κ2) is 8.28. The van der Waals surface area contributed by atoms with Crippen molar-refractivity contribution >= 4 is 12.0 Å². The summed E-state index contributed by atoms with van der Waals surface area (Å²) in [5.74, 6) is -0.869. The molecule has 1 aromatic heterocycles. The van der Waals surface area contributed by atoms with Crippen LogP contribution in [0.1, 0.15) is 33.1 Å². The summed E-state index contributed by atoms with van der Waals surface area (Å²) < 4.78 is 1.79. The van der Waals surface area contributed by atoms with Gasteiger partial charge < -0.3 is 15.7 Å². The Morgan fingerprint density at radius 1 is 1.29 bits per heavy atom. The standard InChI is InChI=1S/C14H24N4O3/c1-3-14(4-2,12(19)20)11-16-13(21)15-7-5-9-18-10-6-8-17-18/h6,8,10H,3-5,7,9,11H2,1-2H3,(H,19,20)(H2,15,16,21). The van der Waals surface area contributed by atoms with Gasteiger partial charge in [-0.25, -0.2) is 4.79 Å². The highest BCUT2D eigenvalue weighted by atomic mass is 16.4. The number of rotatable bonds is 9. The lowest BCUT2D eigenvalue weighted by Gasteiger charge is -2.26. The zero-order valence-corrected chi connectivity index (χ0v) is 12.6. The Bertz CT molecular complexity index is 441. The zero-order valence-electron chi connectivity index (χ0n) is 12.6. The van der Waals surface area contributed by atoms with Crippen molar-refractivity contribution in [1.29, 1.82) is 0 Å². The summed E-state index contributed by atoms with van der Waals surface area (Å²) >= 11 is 0. The normalized spacial score (nSPS) is 11.1. The Balaban J connectivity index is 2.25. The molecule has 1 aromatic rings. The molecule has 0 atom stereocenters. The van der Waals surface area contributed by atoms with Gasteiger partial charge in [0.15, 0.2) is 0 Å². The fraction of sp³-hybridized carbons (Fsp3) is 0.643. The number of urea groups is 1. The third kappa shape index (κ3) is 5.09. The number of aliphatic carboxylic acids is 1. The molecule has 0 aliphatic heterocycles. The predicted octanol–water partition coefficient (Wildman–Crippen LogP) is 1.46. The van der Waals surface area contributed by atoms with Crippen LogP contribution in [0.3, 0.4) is 0 Å². The van der Waals surface area contributed by atoms with Gasteiger partial charge in [0.2, 0.25) is 0 Å². The van der Waals surface area contributed by atoms with Crippen molar-refractivity contribution < 1.29 is 14.7 Å². The van der Waals surface area contributed by atoms with E-state index in [4.69, 9.17) is 0 Å². The Morgan fingerprint density at radius 3 is 2.52 bits per heavy atom. The first-order chi connectivity index (χ1) is 10.0. The van der Waals surface area contributed by atoms with Crippen LogP contribution in [0.15, 0.2) is 18.5 Å². The van der Waals surface area contributed by atoms with Crippen LogP contribution < -0.4 is 10.6 Å². The van der Waals surface area contributed by atoms with Crippen molar-refractivity contribution in [3.05, 3.63) is 18.5 Å². The zero-order chi connectivity index (χ0) is 15.7. The van der Waals surface area contributed by atoms with Gasteiger partial charge in [0.25, 0.3) is 0 Å². The van der Waals surface area contributed by atoms with Crippen molar-refractivity contribution in [1.82, 2.24) is 20.4 Å². The average molecular weight is 296 g/mol. The van der Waals surface area contributed by atoms with Gasteiger partial charge in [0, 0.05) is 32.0 Å². The number of hydrogen-bond donors (Lipinski definition) is 3. The van der Waals surface area contributed by atoms with Crippen molar-refractivity contribution in [3.8, 4) is 0 Å². The van der Waals surface area contributed by atoms with Gasteiger partial charge >= 0.3 is 12.0 Å². The number of carbonyl (C=O) groups is 2. The smallest absolute Gasteiger partial charge is 0.314 e. The van der Waals surface area contributed by atoms with E-state index in [2.05, 4.69) is 15.7 Å². The summed E-state index contributed by atoms with van der Waals surface area (Å²) in [4.78, 5) is 23.0. The van der Waals surface area contributed by atoms with E-state index in [-0.39, 0.29) is 12.6 Å². The molecular weight excluding hydrogens is 272 g/mol. The molecule has 0 aliphatic rings. The molecule has 0 bridgehead atoms. The molecular formula is C14H24N4O3. The molecule has 0 fully saturated rings. The minimum absolute atomic E-state index is 0.139. The maximum Gasteiger partial charge on any atom is 0.314 e. The summed E-state index contributed by atoms with van der Waals surface area (Å²) in [5.41, 5.74) is -0.883. The van der Waals surface area contributed by atoms with E-state index in [9.17, 15) is 14.7 Å². The molecule has 118 valence electrons. The van der Waals surface area contributed by atoms with Crippen LogP contribution >= 0.6 is 0 Å². The summed E-state index contributed by atoms with van der Waals surface area (Å²) in [6, 6.07) is 1.52. The molecule has 2 amide bonds. The number of nitrogens with zero attached hydrogens (tertiary/aromatic N) is 2. The first kappa shape index (κ1) is 17.0. The first-order valence-electron chi connectivity index (χ1n) is 7.26. The van der Waals surface area contributed by atoms with Crippen LogP contribution in [-0.4, -0.2) is 40.0 Å². The maximum absolute atomic E-state index is 11.7. The number of carbonyl (C=O) groups excluding carboxylic acids is 1. The molecule has 0 saturated heterocycles. The van der Waals surface area contributed by atoms with Gasteiger partial charge in [0.05, 0.1) is 5.41 Å². The molecule has 0 spiro atoms. The molecule has 0 radical (unpaired) electrons. The van der Waals surface area contributed by atoms with E-state index in [0.717, 1.165) is 13.0 Å². The van der Waals surface area contributed by atoms with E-state index in [1.807, 2.05) is 26.1 Å². The second-order valence-electron chi connectivity index (χ2n) is 5.02. The van der Waals surface area contributed by atoms with Gasteiger partial charge in [0.1, 0.15) is 0 Å². The first-order valence-corrected chi connectivity index (χ1v) is 7.26. The molecule has 1 rings (SSSR count). The highest BCUT2D eigenvalue weighted by molar-refractivity contribution is 5.78. The lowest BCUT2D eigenvalue weighted by atomic mass is 9.82. The van der Waals surface area contributed by atoms with Crippen molar-refractivity contribution in [2.75, 3.05) is 13.1 Å². The monoisotopic (exact) mass is 296 g/mol. The Kier molecular flexibility index (Phi) is 6.71. The van der Waals surface area contributed by atoms with E-state index >= 15 is 0 Å². The number of aryl methyl sites for hydroxylation is 1. The number of carboxylic acids is 1.